The fourth-order valence-electron chi connectivity index (χ4n) is 1.55. The number of hydrogen-bond donors (Lipinski definition) is 3. The molecule has 108 valence electrons. The normalized spacial score (nSPS) is 11.8. The summed E-state index contributed by atoms with van der Waals surface area (Å²) in [5, 5.41) is 14.4. The Balaban J connectivity index is 2.17. The third kappa shape index (κ3) is 3.00. The number of benzene rings is 1. The van der Waals surface area contributed by atoms with E-state index >= 15 is 0 Å². The van der Waals surface area contributed by atoms with E-state index in [0.717, 1.165) is 12.1 Å². The Bertz CT molecular complexity index is 715. The van der Waals surface area contributed by atoms with Crippen LogP contribution in [-0.4, -0.2) is 23.7 Å². The molecule has 0 atom stereocenters. The highest BCUT2D eigenvalue weighted by Crippen LogP contribution is 2.14. The summed E-state index contributed by atoms with van der Waals surface area (Å²) >= 11 is 0. The van der Waals surface area contributed by atoms with Crippen LogP contribution in [0, 0.1) is 11.6 Å². The fourth-order valence-corrected chi connectivity index (χ4v) is 2.68. The first-order valence-electron chi connectivity index (χ1n) is 5.50. The predicted octanol–water partition coefficient (Wildman–Crippen LogP) is 0.659. The molecule has 2 rings (SSSR count). The number of nitrogens with one attached hydrogen (secondary N) is 2. The topological polar surface area (TPSA) is 95.1 Å². The van der Waals surface area contributed by atoms with Crippen LogP contribution >= 0.6 is 0 Å². The van der Waals surface area contributed by atoms with Crippen LogP contribution in [0.15, 0.2) is 29.4 Å². The molecule has 0 aliphatic rings. The average molecular weight is 303 g/mol. The van der Waals surface area contributed by atoms with Crippen LogP contribution in [-0.2, 0) is 23.2 Å². The monoisotopic (exact) mass is 303 g/mol. The Morgan fingerprint density at radius 3 is 2.70 bits per heavy atom. The Morgan fingerprint density at radius 2 is 2.05 bits per heavy atom. The van der Waals surface area contributed by atoms with Gasteiger partial charge >= 0.3 is 0 Å². The Hall–Kier alpha value is -1.84. The molecule has 0 fully saturated rings. The molecule has 0 radical (unpaired) electrons. The summed E-state index contributed by atoms with van der Waals surface area (Å²) in [6, 6.07) is 2.84. The van der Waals surface area contributed by atoms with Crippen LogP contribution in [0.2, 0.25) is 0 Å². The van der Waals surface area contributed by atoms with Crippen molar-refractivity contribution in [3.8, 4) is 0 Å². The zero-order valence-electron chi connectivity index (χ0n) is 10.1. The zero-order valence-corrected chi connectivity index (χ0v) is 10.9. The van der Waals surface area contributed by atoms with Gasteiger partial charge in [-0.15, -0.1) is 0 Å². The molecule has 0 amide bonds. The molecule has 6 nitrogen and oxygen atoms in total. The van der Waals surface area contributed by atoms with Crippen molar-refractivity contribution >= 4 is 10.0 Å². The quantitative estimate of drug-likeness (QED) is 0.756. The molecule has 0 aliphatic heterocycles. The summed E-state index contributed by atoms with van der Waals surface area (Å²) in [5.74, 6) is -1.59. The van der Waals surface area contributed by atoms with Gasteiger partial charge in [0.2, 0.25) is 0 Å². The van der Waals surface area contributed by atoms with E-state index in [0.29, 0.717) is 6.07 Å². The predicted molar refractivity (Wildman–Crippen MR) is 64.9 cm³/mol. The molecular weight excluding hydrogens is 292 g/mol. The number of hydrogen-bond acceptors (Lipinski definition) is 4. The third-order valence-corrected chi connectivity index (χ3v) is 4.00. The van der Waals surface area contributed by atoms with Crippen LogP contribution in [0.25, 0.3) is 0 Å². The van der Waals surface area contributed by atoms with Gasteiger partial charge in [-0.1, -0.05) is 6.07 Å². The van der Waals surface area contributed by atoms with E-state index in [1.807, 2.05) is 0 Å². The minimum atomic E-state index is -3.97. The largest absolute Gasteiger partial charge is 0.392 e. The molecule has 0 saturated heterocycles. The number of H-pyrrole nitrogens is 1. The molecule has 3 N–H and O–H groups in total. The maximum absolute atomic E-state index is 13.4. The van der Waals surface area contributed by atoms with Gasteiger partial charge in [0.1, 0.15) is 11.6 Å². The summed E-state index contributed by atoms with van der Waals surface area (Å²) < 4.78 is 52.1. The lowest BCUT2D eigenvalue weighted by atomic mass is 10.2. The summed E-state index contributed by atoms with van der Waals surface area (Å²) in [4.78, 5) is 0. The Morgan fingerprint density at radius 1 is 1.30 bits per heavy atom. The van der Waals surface area contributed by atoms with Gasteiger partial charge in [0.15, 0.2) is 5.03 Å². The molecule has 0 spiro atoms. The number of sulfonamides is 1. The van der Waals surface area contributed by atoms with Crippen molar-refractivity contribution in [1.82, 2.24) is 14.9 Å². The van der Waals surface area contributed by atoms with Crippen molar-refractivity contribution in [3.05, 3.63) is 47.2 Å². The first-order valence-corrected chi connectivity index (χ1v) is 6.99. The van der Waals surface area contributed by atoms with Crippen molar-refractivity contribution in [2.75, 3.05) is 0 Å². The van der Waals surface area contributed by atoms with Gasteiger partial charge < -0.3 is 5.11 Å². The second-order valence-electron chi connectivity index (χ2n) is 3.94. The molecule has 1 aromatic heterocycles. The minimum absolute atomic E-state index is 0.0000359. The third-order valence-electron chi connectivity index (χ3n) is 2.58. The lowest BCUT2D eigenvalue weighted by Gasteiger charge is -2.07. The fraction of sp³-hybridized carbons (Fsp3) is 0.182. The van der Waals surface area contributed by atoms with Crippen LogP contribution < -0.4 is 4.72 Å². The molecule has 0 unspecified atom stereocenters. The molecule has 1 heterocycles. The zero-order chi connectivity index (χ0) is 14.8. The summed E-state index contributed by atoms with van der Waals surface area (Å²) in [7, 11) is -3.97. The second kappa shape index (κ2) is 5.65. The van der Waals surface area contributed by atoms with Crippen LogP contribution in [0.5, 0.6) is 0 Å². The first kappa shape index (κ1) is 14.6. The van der Waals surface area contributed by atoms with Gasteiger partial charge in [-0.05, 0) is 6.07 Å². The molecule has 0 saturated carbocycles. The number of rotatable bonds is 5. The summed E-state index contributed by atoms with van der Waals surface area (Å²) in [6.07, 6.45) is 1.17. The molecule has 2 aromatic rings. The van der Waals surface area contributed by atoms with E-state index in [4.69, 9.17) is 5.11 Å². The van der Waals surface area contributed by atoms with Crippen molar-refractivity contribution in [1.29, 1.82) is 0 Å². The van der Waals surface area contributed by atoms with Crippen molar-refractivity contribution in [2.24, 2.45) is 0 Å². The molecule has 20 heavy (non-hydrogen) atoms. The number of aromatic nitrogens is 2. The molecule has 0 bridgehead atoms. The van der Waals surface area contributed by atoms with Crippen LogP contribution in [0.4, 0.5) is 8.78 Å². The highest BCUT2D eigenvalue weighted by atomic mass is 32.2. The van der Waals surface area contributed by atoms with Gasteiger partial charge in [-0.2, -0.15) is 5.10 Å². The van der Waals surface area contributed by atoms with Gasteiger partial charge in [-0.25, -0.2) is 21.9 Å². The van der Waals surface area contributed by atoms with Crippen molar-refractivity contribution in [3.63, 3.8) is 0 Å². The van der Waals surface area contributed by atoms with Gasteiger partial charge in [0.05, 0.1) is 12.8 Å². The molecule has 1 aromatic carbocycles. The lowest BCUT2D eigenvalue weighted by Crippen LogP contribution is -2.25. The van der Waals surface area contributed by atoms with Gasteiger partial charge in [0, 0.05) is 23.7 Å². The van der Waals surface area contributed by atoms with Crippen LogP contribution in [0.3, 0.4) is 0 Å². The number of aromatic amines is 1. The van der Waals surface area contributed by atoms with E-state index in [1.54, 1.807) is 0 Å². The standard InChI is InChI=1S/C11H11F2N3O3S/c12-9-2-1-7(10(13)3-9)5-15-20(18,19)11-8(6-17)4-14-16-11/h1-4,15,17H,5-6H2,(H,14,16). The van der Waals surface area contributed by atoms with Crippen molar-refractivity contribution < 1.29 is 22.3 Å². The maximum atomic E-state index is 13.4. The lowest BCUT2D eigenvalue weighted by molar-refractivity contribution is 0.278. The highest BCUT2D eigenvalue weighted by molar-refractivity contribution is 7.89. The number of aliphatic hydroxyl groups is 1. The minimum Gasteiger partial charge on any atom is -0.392 e. The van der Waals surface area contributed by atoms with E-state index in [2.05, 4.69) is 14.9 Å². The smallest absolute Gasteiger partial charge is 0.258 e. The summed E-state index contributed by atoms with van der Waals surface area (Å²) in [6.45, 7) is -0.851. The van der Waals surface area contributed by atoms with Crippen molar-refractivity contribution in [2.45, 2.75) is 18.2 Å². The number of nitrogens with zero attached hydrogens (tertiary/aromatic N) is 1. The average Bonchev–Trinajstić information content (AvgIpc) is 2.86. The van der Waals surface area contributed by atoms with Gasteiger partial charge in [-0.3, -0.25) is 5.10 Å². The second-order valence-corrected chi connectivity index (χ2v) is 5.65. The highest BCUT2D eigenvalue weighted by Gasteiger charge is 2.20. The number of aliphatic hydroxyl groups excluding tert-OH is 1. The molecule has 9 heteroatoms. The van der Waals surface area contributed by atoms with E-state index in [-0.39, 0.29) is 22.7 Å². The Labute approximate surface area is 113 Å². The van der Waals surface area contributed by atoms with E-state index in [9.17, 15) is 17.2 Å². The number of halogens is 2. The summed E-state index contributed by atoms with van der Waals surface area (Å²) in [5.41, 5.74) is 0.0946. The molecule has 0 aliphatic carbocycles. The van der Waals surface area contributed by atoms with Gasteiger partial charge in [0.25, 0.3) is 10.0 Å². The van der Waals surface area contributed by atoms with Crippen LogP contribution in [0.1, 0.15) is 11.1 Å². The SMILES string of the molecule is O=S(=O)(NCc1ccc(F)cc1F)c1[nH]ncc1CO. The van der Waals surface area contributed by atoms with E-state index < -0.39 is 28.3 Å². The maximum Gasteiger partial charge on any atom is 0.258 e. The Kier molecular flexibility index (Phi) is 4.12. The van der Waals surface area contributed by atoms with E-state index in [1.165, 1.54) is 6.20 Å². The molecular formula is C11H11F2N3O3S. The first-order chi connectivity index (χ1) is 9.44.